The van der Waals surface area contributed by atoms with E-state index in [1.54, 1.807) is 18.2 Å². The van der Waals surface area contributed by atoms with Gasteiger partial charge in [-0.15, -0.1) is 0 Å². The van der Waals surface area contributed by atoms with Crippen molar-refractivity contribution in [1.29, 1.82) is 0 Å². The number of unbranched alkanes of at least 4 members (excludes halogenated alkanes) is 1. The molecule has 0 unspecified atom stereocenters. The molecule has 0 saturated carbocycles. The molecule has 0 amide bonds. The topological polar surface area (TPSA) is 66.8 Å². The number of nitrogens with zero attached hydrogens (tertiary/aromatic N) is 1. The van der Waals surface area contributed by atoms with Gasteiger partial charge in [0.25, 0.3) is 0 Å². The van der Waals surface area contributed by atoms with Crippen LogP contribution in [0.5, 0.6) is 5.75 Å². The summed E-state index contributed by atoms with van der Waals surface area (Å²) < 4.78 is 5.82. The molecule has 2 aromatic rings. The summed E-state index contributed by atoms with van der Waals surface area (Å²) in [5.41, 5.74) is 1.43. The van der Waals surface area contributed by atoms with Crippen molar-refractivity contribution < 1.29 is 19.4 Å². The molecule has 0 aromatic heterocycles. The number of benzene rings is 2. The molecular weight excluding hydrogens is 318 g/mol. The monoisotopic (exact) mass is 341 g/mol. The van der Waals surface area contributed by atoms with Crippen LogP contribution in [0, 0.1) is 0 Å². The van der Waals surface area contributed by atoms with Gasteiger partial charge in [0, 0.05) is 31.4 Å². The van der Waals surface area contributed by atoms with Gasteiger partial charge in [-0.1, -0.05) is 31.5 Å². The summed E-state index contributed by atoms with van der Waals surface area (Å²) in [5, 5.41) is 9.33. The zero-order valence-corrected chi connectivity index (χ0v) is 14.8. The minimum absolute atomic E-state index is 0.0105. The van der Waals surface area contributed by atoms with E-state index in [1.165, 1.54) is 12.1 Å². The van der Waals surface area contributed by atoms with Crippen molar-refractivity contribution in [3.05, 3.63) is 59.2 Å². The van der Waals surface area contributed by atoms with Gasteiger partial charge < -0.3 is 14.7 Å². The van der Waals surface area contributed by atoms with E-state index < -0.39 is 5.97 Å². The number of ketones is 1. The van der Waals surface area contributed by atoms with Gasteiger partial charge in [-0.3, -0.25) is 4.79 Å². The van der Waals surface area contributed by atoms with E-state index in [4.69, 9.17) is 4.74 Å². The number of rotatable bonds is 8. The SMILES string of the molecule is CCCCOc1cc(N(C)C)ccc1C(=O)c1ccccc1C(=O)O. The summed E-state index contributed by atoms with van der Waals surface area (Å²) in [6, 6.07) is 11.6. The van der Waals surface area contributed by atoms with Crippen LogP contribution in [0.25, 0.3) is 0 Å². The van der Waals surface area contributed by atoms with Crippen molar-refractivity contribution in [3.63, 3.8) is 0 Å². The summed E-state index contributed by atoms with van der Waals surface area (Å²) in [7, 11) is 3.82. The molecule has 5 heteroatoms. The largest absolute Gasteiger partial charge is 0.493 e. The Balaban J connectivity index is 2.46. The Kier molecular flexibility index (Phi) is 6.17. The van der Waals surface area contributed by atoms with Gasteiger partial charge in [-0.25, -0.2) is 4.79 Å². The van der Waals surface area contributed by atoms with Gasteiger partial charge in [0.15, 0.2) is 5.78 Å². The highest BCUT2D eigenvalue weighted by atomic mass is 16.5. The smallest absolute Gasteiger partial charge is 0.336 e. The van der Waals surface area contributed by atoms with Gasteiger partial charge in [0.1, 0.15) is 5.75 Å². The first kappa shape index (κ1) is 18.5. The van der Waals surface area contributed by atoms with Crippen LogP contribution in [0.3, 0.4) is 0 Å². The molecule has 0 spiro atoms. The molecule has 1 N–H and O–H groups in total. The van der Waals surface area contributed by atoms with Crippen LogP contribution in [-0.4, -0.2) is 37.6 Å². The Hall–Kier alpha value is -2.82. The first-order chi connectivity index (χ1) is 12.0. The lowest BCUT2D eigenvalue weighted by molar-refractivity contribution is 0.0692. The van der Waals surface area contributed by atoms with Crippen LogP contribution in [-0.2, 0) is 0 Å². The van der Waals surface area contributed by atoms with E-state index >= 15 is 0 Å². The molecule has 0 aliphatic carbocycles. The third kappa shape index (κ3) is 4.38. The van der Waals surface area contributed by atoms with Crippen LogP contribution in [0.4, 0.5) is 5.69 Å². The third-order valence-corrected chi connectivity index (χ3v) is 3.88. The zero-order chi connectivity index (χ0) is 18.4. The van der Waals surface area contributed by atoms with E-state index in [0.29, 0.717) is 17.9 Å². The maximum absolute atomic E-state index is 12.9. The van der Waals surface area contributed by atoms with Crippen LogP contribution >= 0.6 is 0 Å². The van der Waals surface area contributed by atoms with Gasteiger partial charge in [0.05, 0.1) is 17.7 Å². The van der Waals surface area contributed by atoms with Gasteiger partial charge >= 0.3 is 5.97 Å². The molecule has 0 atom stereocenters. The van der Waals surface area contributed by atoms with E-state index in [-0.39, 0.29) is 16.9 Å². The Morgan fingerprint density at radius 3 is 2.32 bits per heavy atom. The van der Waals surface area contributed by atoms with E-state index in [9.17, 15) is 14.7 Å². The number of hydrogen-bond donors (Lipinski definition) is 1. The van der Waals surface area contributed by atoms with Crippen LogP contribution in [0.2, 0.25) is 0 Å². The molecule has 25 heavy (non-hydrogen) atoms. The Bertz CT molecular complexity index is 768. The van der Waals surface area contributed by atoms with Crippen molar-refractivity contribution in [2.75, 3.05) is 25.6 Å². The summed E-state index contributed by atoms with van der Waals surface area (Å²) in [4.78, 5) is 26.3. The molecule has 0 radical (unpaired) electrons. The molecule has 0 bridgehead atoms. The van der Waals surface area contributed by atoms with Crippen molar-refractivity contribution in [2.45, 2.75) is 19.8 Å². The number of carbonyl (C=O) groups is 2. The minimum Gasteiger partial charge on any atom is -0.493 e. The van der Waals surface area contributed by atoms with Crippen molar-refractivity contribution in [2.24, 2.45) is 0 Å². The number of anilines is 1. The highest BCUT2D eigenvalue weighted by molar-refractivity contribution is 6.15. The number of ether oxygens (including phenoxy) is 1. The molecule has 2 rings (SSSR count). The average Bonchev–Trinajstić information content (AvgIpc) is 2.61. The van der Waals surface area contributed by atoms with E-state index in [0.717, 1.165) is 18.5 Å². The predicted octanol–water partition coefficient (Wildman–Crippen LogP) is 3.86. The fourth-order valence-electron chi connectivity index (χ4n) is 2.44. The maximum Gasteiger partial charge on any atom is 0.336 e. The molecular formula is C20H23NO4. The lowest BCUT2D eigenvalue weighted by Gasteiger charge is -2.17. The second-order valence-corrected chi connectivity index (χ2v) is 5.96. The number of carbonyl (C=O) groups excluding carboxylic acids is 1. The third-order valence-electron chi connectivity index (χ3n) is 3.88. The summed E-state index contributed by atoms with van der Waals surface area (Å²) >= 11 is 0. The number of carboxylic acid groups (broad SMARTS) is 1. The van der Waals surface area contributed by atoms with E-state index in [1.807, 2.05) is 31.1 Å². The molecule has 0 heterocycles. The van der Waals surface area contributed by atoms with Crippen molar-refractivity contribution in [1.82, 2.24) is 0 Å². The minimum atomic E-state index is -1.12. The van der Waals surface area contributed by atoms with Crippen LogP contribution in [0.1, 0.15) is 46.0 Å². The quantitative estimate of drug-likeness (QED) is 0.583. The van der Waals surface area contributed by atoms with E-state index in [2.05, 4.69) is 6.92 Å². The highest BCUT2D eigenvalue weighted by Gasteiger charge is 2.21. The van der Waals surface area contributed by atoms with Crippen molar-refractivity contribution in [3.8, 4) is 5.75 Å². The van der Waals surface area contributed by atoms with Gasteiger partial charge in [-0.05, 0) is 24.6 Å². The Morgan fingerprint density at radius 1 is 1.04 bits per heavy atom. The molecule has 0 aliphatic heterocycles. The normalized spacial score (nSPS) is 10.4. The first-order valence-electron chi connectivity index (χ1n) is 8.27. The van der Waals surface area contributed by atoms with Crippen molar-refractivity contribution >= 4 is 17.4 Å². The number of aromatic carboxylic acids is 1. The molecule has 0 saturated heterocycles. The number of carboxylic acids is 1. The summed E-state index contributed by atoms with van der Waals surface area (Å²) in [5.74, 6) is -0.998. The molecule has 0 aliphatic rings. The standard InChI is InChI=1S/C20H23NO4/c1-4-5-12-25-18-13-14(21(2)3)10-11-17(18)19(22)15-8-6-7-9-16(15)20(23)24/h6-11,13H,4-5,12H2,1-3H3,(H,23,24). The second-order valence-electron chi connectivity index (χ2n) is 5.96. The number of hydrogen-bond acceptors (Lipinski definition) is 4. The summed E-state index contributed by atoms with van der Waals surface area (Å²) in [6.45, 7) is 2.57. The second kappa shape index (κ2) is 8.33. The fraction of sp³-hybridized carbons (Fsp3) is 0.300. The average molecular weight is 341 g/mol. The first-order valence-corrected chi connectivity index (χ1v) is 8.27. The van der Waals surface area contributed by atoms with Gasteiger partial charge in [0.2, 0.25) is 0 Å². The zero-order valence-electron chi connectivity index (χ0n) is 14.8. The fourth-order valence-corrected chi connectivity index (χ4v) is 2.44. The lowest BCUT2D eigenvalue weighted by atomic mass is 9.97. The van der Waals surface area contributed by atoms with Crippen LogP contribution < -0.4 is 9.64 Å². The molecule has 0 fully saturated rings. The maximum atomic E-state index is 12.9. The van der Waals surface area contributed by atoms with Gasteiger partial charge in [-0.2, -0.15) is 0 Å². The highest BCUT2D eigenvalue weighted by Crippen LogP contribution is 2.28. The molecule has 132 valence electrons. The van der Waals surface area contributed by atoms with Crippen LogP contribution in [0.15, 0.2) is 42.5 Å². The molecule has 2 aromatic carbocycles. The predicted molar refractivity (Wildman–Crippen MR) is 98.0 cm³/mol. The lowest BCUT2D eigenvalue weighted by Crippen LogP contribution is -2.13. The Morgan fingerprint density at radius 2 is 1.72 bits per heavy atom. The molecule has 5 nitrogen and oxygen atoms in total. The summed E-state index contributed by atoms with van der Waals surface area (Å²) in [6.07, 6.45) is 1.87. The Labute approximate surface area is 147 Å².